The second-order valence-electron chi connectivity index (χ2n) is 6.38. The predicted molar refractivity (Wildman–Crippen MR) is 99.7 cm³/mol. The SMILES string of the molecule is CC[C@H]1C(=O)NCCN1C(=O)c1cccc(-c2cc(F)c(C)cc2Cl)c1. The molecular weight excluding hydrogens is 355 g/mol. The smallest absolute Gasteiger partial charge is 0.254 e. The number of rotatable bonds is 3. The van der Waals surface area contributed by atoms with E-state index < -0.39 is 6.04 Å². The van der Waals surface area contributed by atoms with Crippen molar-refractivity contribution in [2.45, 2.75) is 26.3 Å². The monoisotopic (exact) mass is 374 g/mol. The van der Waals surface area contributed by atoms with Crippen LogP contribution in [-0.4, -0.2) is 35.8 Å². The first-order valence-corrected chi connectivity index (χ1v) is 8.95. The van der Waals surface area contributed by atoms with Crippen molar-refractivity contribution >= 4 is 23.4 Å². The van der Waals surface area contributed by atoms with E-state index in [4.69, 9.17) is 11.6 Å². The Morgan fingerprint density at radius 3 is 2.85 bits per heavy atom. The topological polar surface area (TPSA) is 49.4 Å². The van der Waals surface area contributed by atoms with Crippen molar-refractivity contribution in [1.82, 2.24) is 10.2 Å². The van der Waals surface area contributed by atoms with Crippen LogP contribution in [0.4, 0.5) is 4.39 Å². The Hall–Kier alpha value is -2.40. The number of halogens is 2. The summed E-state index contributed by atoms with van der Waals surface area (Å²) in [6.07, 6.45) is 0.548. The maximum Gasteiger partial charge on any atom is 0.254 e. The fourth-order valence-electron chi connectivity index (χ4n) is 3.22. The molecule has 0 radical (unpaired) electrons. The van der Waals surface area contributed by atoms with Crippen molar-refractivity contribution in [2.24, 2.45) is 0 Å². The zero-order valence-corrected chi connectivity index (χ0v) is 15.4. The molecule has 0 unspecified atom stereocenters. The van der Waals surface area contributed by atoms with Crippen LogP contribution in [0.25, 0.3) is 11.1 Å². The highest BCUT2D eigenvalue weighted by molar-refractivity contribution is 6.33. The Balaban J connectivity index is 1.96. The Kier molecular flexibility index (Phi) is 5.28. The minimum Gasteiger partial charge on any atom is -0.353 e. The van der Waals surface area contributed by atoms with Crippen LogP contribution in [0, 0.1) is 12.7 Å². The summed E-state index contributed by atoms with van der Waals surface area (Å²) in [5.41, 5.74) is 2.12. The van der Waals surface area contributed by atoms with E-state index in [0.717, 1.165) is 0 Å². The molecule has 0 aliphatic carbocycles. The van der Waals surface area contributed by atoms with Crippen molar-refractivity contribution in [3.63, 3.8) is 0 Å². The molecule has 1 atom stereocenters. The average Bonchev–Trinajstić information content (AvgIpc) is 2.64. The molecule has 1 fully saturated rings. The van der Waals surface area contributed by atoms with Crippen LogP contribution in [0.2, 0.25) is 5.02 Å². The van der Waals surface area contributed by atoms with Gasteiger partial charge < -0.3 is 10.2 Å². The number of nitrogens with one attached hydrogen (secondary N) is 1. The first-order chi connectivity index (χ1) is 12.4. The lowest BCUT2D eigenvalue weighted by Gasteiger charge is -2.34. The highest BCUT2D eigenvalue weighted by Crippen LogP contribution is 2.31. The molecule has 0 spiro atoms. The molecule has 0 aromatic heterocycles. The molecule has 6 heteroatoms. The number of amides is 2. The summed E-state index contributed by atoms with van der Waals surface area (Å²) < 4.78 is 14.0. The van der Waals surface area contributed by atoms with Gasteiger partial charge in [-0.15, -0.1) is 0 Å². The fourth-order valence-corrected chi connectivity index (χ4v) is 3.54. The maximum absolute atomic E-state index is 14.0. The summed E-state index contributed by atoms with van der Waals surface area (Å²) in [5, 5.41) is 3.21. The van der Waals surface area contributed by atoms with Gasteiger partial charge in [-0.05, 0) is 48.7 Å². The van der Waals surface area contributed by atoms with Crippen molar-refractivity contribution in [2.75, 3.05) is 13.1 Å². The molecular formula is C20H20ClFN2O2. The third kappa shape index (κ3) is 3.44. The van der Waals surface area contributed by atoms with Crippen molar-refractivity contribution in [3.8, 4) is 11.1 Å². The van der Waals surface area contributed by atoms with Gasteiger partial charge in [-0.1, -0.05) is 30.7 Å². The molecule has 2 amide bonds. The molecule has 2 aromatic rings. The van der Waals surface area contributed by atoms with Gasteiger partial charge >= 0.3 is 0 Å². The molecule has 1 saturated heterocycles. The third-order valence-corrected chi connectivity index (χ3v) is 4.96. The standard InChI is InChI=1S/C20H20ClFN2O2/c1-3-18-19(25)23-7-8-24(18)20(26)14-6-4-5-13(10-14)15-11-17(22)12(2)9-16(15)21/h4-6,9-11,18H,3,7-8H2,1-2H3,(H,23,25)/t18-/m0/s1. The summed E-state index contributed by atoms with van der Waals surface area (Å²) in [6.45, 7) is 4.43. The average molecular weight is 375 g/mol. The molecule has 4 nitrogen and oxygen atoms in total. The molecule has 3 rings (SSSR count). The molecule has 0 saturated carbocycles. The Morgan fingerprint density at radius 2 is 2.12 bits per heavy atom. The minimum absolute atomic E-state index is 0.132. The number of piperazine rings is 1. The van der Waals surface area contributed by atoms with Crippen molar-refractivity contribution in [1.29, 1.82) is 0 Å². The molecule has 1 aliphatic rings. The Bertz CT molecular complexity index is 869. The number of aryl methyl sites for hydroxylation is 1. The zero-order valence-electron chi connectivity index (χ0n) is 14.7. The summed E-state index contributed by atoms with van der Waals surface area (Å²) in [6, 6.07) is 9.39. The van der Waals surface area contributed by atoms with Gasteiger partial charge in [-0.3, -0.25) is 9.59 Å². The zero-order chi connectivity index (χ0) is 18.8. The maximum atomic E-state index is 14.0. The van der Waals surface area contributed by atoms with Gasteiger partial charge in [0.2, 0.25) is 5.91 Å². The van der Waals surface area contributed by atoms with E-state index in [9.17, 15) is 14.0 Å². The number of nitrogens with zero attached hydrogens (tertiary/aromatic N) is 1. The van der Waals surface area contributed by atoms with Gasteiger partial charge in [-0.25, -0.2) is 4.39 Å². The highest BCUT2D eigenvalue weighted by Gasteiger charge is 2.32. The lowest BCUT2D eigenvalue weighted by molar-refractivity contribution is -0.127. The largest absolute Gasteiger partial charge is 0.353 e. The summed E-state index contributed by atoms with van der Waals surface area (Å²) >= 11 is 6.27. The van der Waals surface area contributed by atoms with Crippen LogP contribution in [-0.2, 0) is 4.79 Å². The highest BCUT2D eigenvalue weighted by atomic mass is 35.5. The summed E-state index contributed by atoms with van der Waals surface area (Å²) in [7, 11) is 0. The van der Waals surface area contributed by atoms with E-state index in [2.05, 4.69) is 5.32 Å². The second-order valence-corrected chi connectivity index (χ2v) is 6.78. The van der Waals surface area contributed by atoms with Crippen molar-refractivity contribution < 1.29 is 14.0 Å². The van der Waals surface area contributed by atoms with E-state index in [-0.39, 0.29) is 17.6 Å². The number of carbonyl (C=O) groups excluding carboxylic acids is 2. The first-order valence-electron chi connectivity index (χ1n) is 8.57. The van der Waals surface area contributed by atoms with Gasteiger partial charge in [0.1, 0.15) is 11.9 Å². The van der Waals surface area contributed by atoms with Gasteiger partial charge in [0.15, 0.2) is 0 Å². The van der Waals surface area contributed by atoms with Crippen LogP contribution < -0.4 is 5.32 Å². The molecule has 1 N–H and O–H groups in total. The van der Waals surface area contributed by atoms with Gasteiger partial charge in [-0.2, -0.15) is 0 Å². The van der Waals surface area contributed by atoms with Gasteiger partial charge in [0, 0.05) is 29.2 Å². The fraction of sp³-hybridized carbons (Fsp3) is 0.300. The van der Waals surface area contributed by atoms with Crippen LogP contribution in [0.5, 0.6) is 0 Å². The van der Waals surface area contributed by atoms with Crippen LogP contribution in [0.15, 0.2) is 36.4 Å². The lowest BCUT2D eigenvalue weighted by Crippen LogP contribution is -2.56. The number of hydrogen-bond acceptors (Lipinski definition) is 2. The van der Waals surface area contributed by atoms with E-state index in [1.54, 1.807) is 42.2 Å². The lowest BCUT2D eigenvalue weighted by atomic mass is 10.00. The van der Waals surface area contributed by atoms with E-state index in [1.807, 2.05) is 6.92 Å². The van der Waals surface area contributed by atoms with Crippen LogP contribution in [0.1, 0.15) is 29.3 Å². The third-order valence-electron chi connectivity index (χ3n) is 4.65. The molecule has 2 aromatic carbocycles. The summed E-state index contributed by atoms with van der Waals surface area (Å²) in [5.74, 6) is -0.691. The van der Waals surface area contributed by atoms with Gasteiger partial charge in [0.25, 0.3) is 5.91 Å². The molecule has 0 bridgehead atoms. The molecule has 26 heavy (non-hydrogen) atoms. The van der Waals surface area contributed by atoms with Crippen LogP contribution >= 0.6 is 11.6 Å². The number of carbonyl (C=O) groups is 2. The summed E-state index contributed by atoms with van der Waals surface area (Å²) in [4.78, 5) is 26.5. The Labute approximate surface area is 157 Å². The molecule has 136 valence electrons. The normalized spacial score (nSPS) is 17.2. The predicted octanol–water partition coefficient (Wildman–Crippen LogP) is 3.81. The van der Waals surface area contributed by atoms with Gasteiger partial charge in [0.05, 0.1) is 0 Å². The Morgan fingerprint density at radius 1 is 1.35 bits per heavy atom. The first kappa shape index (κ1) is 18.4. The quantitative estimate of drug-likeness (QED) is 0.888. The molecule has 1 heterocycles. The van der Waals surface area contributed by atoms with E-state index in [0.29, 0.717) is 46.8 Å². The van der Waals surface area contributed by atoms with Crippen molar-refractivity contribution in [3.05, 3.63) is 58.4 Å². The second kappa shape index (κ2) is 7.46. The number of hydrogen-bond donors (Lipinski definition) is 1. The molecule has 1 aliphatic heterocycles. The van der Waals surface area contributed by atoms with Crippen LogP contribution in [0.3, 0.4) is 0 Å². The number of benzene rings is 2. The van der Waals surface area contributed by atoms with E-state index in [1.165, 1.54) is 6.07 Å². The minimum atomic E-state index is -0.472. The van der Waals surface area contributed by atoms with E-state index >= 15 is 0 Å².